The van der Waals surface area contributed by atoms with Crippen LogP contribution in [0.4, 0.5) is 11.5 Å². The number of nitro groups is 1. The Labute approximate surface area is 102 Å². The van der Waals surface area contributed by atoms with Crippen molar-refractivity contribution in [2.75, 3.05) is 18.5 Å². The molecule has 8 heteroatoms. The number of ether oxygens (including phenoxy) is 1. The molecule has 2 rings (SSSR count). The van der Waals surface area contributed by atoms with E-state index < -0.39 is 16.8 Å². The monoisotopic (exact) mass is 253 g/mol. The summed E-state index contributed by atoms with van der Waals surface area (Å²) < 4.78 is 5.09. The standard InChI is InChI=1S/C10H11N3O5/c14-10(15)7-4-18-5-8(7)12-6-1-2-9(11-3-6)13(16)17/h1-3,7-8,12H,4-5H2,(H,14,15). The third kappa shape index (κ3) is 2.54. The lowest BCUT2D eigenvalue weighted by atomic mass is 10.0. The maximum absolute atomic E-state index is 10.9. The molecule has 1 saturated heterocycles. The summed E-state index contributed by atoms with van der Waals surface area (Å²) in [7, 11) is 0. The maximum atomic E-state index is 10.9. The van der Waals surface area contributed by atoms with Gasteiger partial charge in [-0.25, -0.2) is 0 Å². The van der Waals surface area contributed by atoms with E-state index in [9.17, 15) is 14.9 Å². The summed E-state index contributed by atoms with van der Waals surface area (Å²) >= 11 is 0. The Morgan fingerprint density at radius 3 is 2.89 bits per heavy atom. The van der Waals surface area contributed by atoms with E-state index in [0.717, 1.165) is 0 Å². The van der Waals surface area contributed by atoms with E-state index >= 15 is 0 Å². The lowest BCUT2D eigenvalue weighted by molar-refractivity contribution is -0.389. The molecule has 2 heterocycles. The molecule has 1 aromatic heterocycles. The molecule has 0 aromatic carbocycles. The Morgan fingerprint density at radius 1 is 1.56 bits per heavy atom. The number of pyridine rings is 1. The van der Waals surface area contributed by atoms with Crippen LogP contribution in [0.2, 0.25) is 0 Å². The maximum Gasteiger partial charge on any atom is 0.363 e. The third-order valence-corrected chi connectivity index (χ3v) is 2.68. The zero-order valence-electron chi connectivity index (χ0n) is 9.28. The molecule has 2 atom stereocenters. The molecule has 0 radical (unpaired) electrons. The van der Waals surface area contributed by atoms with Crippen LogP contribution >= 0.6 is 0 Å². The molecule has 96 valence electrons. The number of nitrogens with one attached hydrogen (secondary N) is 1. The first kappa shape index (κ1) is 12.2. The van der Waals surface area contributed by atoms with Gasteiger partial charge in [0.15, 0.2) is 6.20 Å². The van der Waals surface area contributed by atoms with Gasteiger partial charge < -0.3 is 25.3 Å². The highest BCUT2D eigenvalue weighted by atomic mass is 16.6. The second-order valence-electron chi connectivity index (χ2n) is 3.90. The van der Waals surface area contributed by atoms with E-state index in [0.29, 0.717) is 5.69 Å². The summed E-state index contributed by atoms with van der Waals surface area (Å²) in [4.78, 5) is 24.4. The van der Waals surface area contributed by atoms with Crippen LogP contribution in [-0.2, 0) is 9.53 Å². The highest BCUT2D eigenvalue weighted by molar-refractivity contribution is 5.72. The summed E-state index contributed by atoms with van der Waals surface area (Å²) in [6.07, 6.45) is 1.30. The van der Waals surface area contributed by atoms with Crippen molar-refractivity contribution in [3.05, 3.63) is 28.4 Å². The molecule has 1 aromatic rings. The van der Waals surface area contributed by atoms with Gasteiger partial charge in [-0.15, -0.1) is 0 Å². The average Bonchev–Trinajstić information content (AvgIpc) is 2.78. The number of carbonyl (C=O) groups is 1. The van der Waals surface area contributed by atoms with Gasteiger partial charge in [0.25, 0.3) is 0 Å². The van der Waals surface area contributed by atoms with E-state index in [-0.39, 0.29) is 25.1 Å². The number of hydrogen-bond acceptors (Lipinski definition) is 6. The first-order chi connectivity index (χ1) is 8.58. The summed E-state index contributed by atoms with van der Waals surface area (Å²) in [6.45, 7) is 0.446. The first-order valence-electron chi connectivity index (χ1n) is 5.25. The smallest absolute Gasteiger partial charge is 0.363 e. The van der Waals surface area contributed by atoms with Gasteiger partial charge in [-0.05, 0) is 16.0 Å². The van der Waals surface area contributed by atoms with Gasteiger partial charge >= 0.3 is 11.8 Å². The Kier molecular flexibility index (Phi) is 3.38. The lowest BCUT2D eigenvalue weighted by Crippen LogP contribution is -2.33. The van der Waals surface area contributed by atoms with E-state index in [1.54, 1.807) is 0 Å². The number of aromatic nitrogens is 1. The van der Waals surface area contributed by atoms with Crippen molar-refractivity contribution < 1.29 is 19.6 Å². The van der Waals surface area contributed by atoms with Crippen molar-refractivity contribution in [1.82, 2.24) is 4.98 Å². The number of aliphatic carboxylic acids is 1. The summed E-state index contributed by atoms with van der Waals surface area (Å²) in [5.41, 5.74) is 0.530. The Hall–Kier alpha value is -2.22. The minimum Gasteiger partial charge on any atom is -0.481 e. The lowest BCUT2D eigenvalue weighted by Gasteiger charge is -2.15. The molecule has 0 saturated carbocycles. The number of rotatable bonds is 4. The summed E-state index contributed by atoms with van der Waals surface area (Å²) in [5, 5.41) is 22.3. The van der Waals surface area contributed by atoms with Gasteiger partial charge in [0.1, 0.15) is 5.92 Å². The molecule has 1 fully saturated rings. The molecule has 1 aliphatic heterocycles. The first-order valence-corrected chi connectivity index (χ1v) is 5.25. The molecule has 0 bridgehead atoms. The van der Waals surface area contributed by atoms with Crippen molar-refractivity contribution in [3.63, 3.8) is 0 Å². The number of anilines is 1. The number of carboxylic acids is 1. The molecule has 0 amide bonds. The van der Waals surface area contributed by atoms with Gasteiger partial charge in [0, 0.05) is 6.07 Å². The van der Waals surface area contributed by atoms with Crippen LogP contribution in [0.3, 0.4) is 0 Å². The highest BCUT2D eigenvalue weighted by Gasteiger charge is 2.34. The minimum atomic E-state index is -0.931. The highest BCUT2D eigenvalue weighted by Crippen LogP contribution is 2.20. The van der Waals surface area contributed by atoms with Crippen LogP contribution in [0, 0.1) is 16.0 Å². The third-order valence-electron chi connectivity index (χ3n) is 2.68. The van der Waals surface area contributed by atoms with E-state index in [2.05, 4.69) is 10.3 Å². The molecule has 2 unspecified atom stereocenters. The van der Waals surface area contributed by atoms with Crippen molar-refractivity contribution in [1.29, 1.82) is 0 Å². The SMILES string of the molecule is O=C(O)C1COCC1Nc1ccc([N+](=O)[O-])nc1. The van der Waals surface area contributed by atoms with Crippen LogP contribution in [-0.4, -0.2) is 40.2 Å². The molecule has 18 heavy (non-hydrogen) atoms. The molecular formula is C10H11N3O5. The zero-order chi connectivity index (χ0) is 13.1. The van der Waals surface area contributed by atoms with Gasteiger partial charge in [-0.1, -0.05) is 0 Å². The predicted octanol–water partition coefficient (Wildman–Crippen LogP) is 0.501. The van der Waals surface area contributed by atoms with Crippen molar-refractivity contribution >= 4 is 17.5 Å². The van der Waals surface area contributed by atoms with Crippen molar-refractivity contribution in [2.24, 2.45) is 5.92 Å². The second kappa shape index (κ2) is 4.96. The molecule has 1 aliphatic rings. The van der Waals surface area contributed by atoms with Crippen LogP contribution in [0.1, 0.15) is 0 Å². The average molecular weight is 253 g/mol. The largest absolute Gasteiger partial charge is 0.481 e. The quantitative estimate of drug-likeness (QED) is 0.593. The fourth-order valence-corrected chi connectivity index (χ4v) is 1.73. The zero-order valence-corrected chi connectivity index (χ0v) is 9.28. The van der Waals surface area contributed by atoms with E-state index in [1.807, 2.05) is 0 Å². The Bertz CT molecular complexity index is 461. The Balaban J connectivity index is 2.05. The van der Waals surface area contributed by atoms with Crippen molar-refractivity contribution in [2.45, 2.75) is 6.04 Å². The normalized spacial score (nSPS) is 22.7. The topological polar surface area (TPSA) is 115 Å². The molecule has 2 N–H and O–H groups in total. The minimum absolute atomic E-state index is 0.160. The predicted molar refractivity (Wildman–Crippen MR) is 60.2 cm³/mol. The molecule has 0 spiro atoms. The summed E-state index contributed by atoms with van der Waals surface area (Å²) in [5.74, 6) is -1.81. The molecule has 8 nitrogen and oxygen atoms in total. The second-order valence-corrected chi connectivity index (χ2v) is 3.90. The molecule has 0 aliphatic carbocycles. The van der Waals surface area contributed by atoms with Crippen molar-refractivity contribution in [3.8, 4) is 0 Å². The Morgan fingerprint density at radius 2 is 2.33 bits per heavy atom. The van der Waals surface area contributed by atoms with Crippen LogP contribution < -0.4 is 5.32 Å². The summed E-state index contributed by atoms with van der Waals surface area (Å²) in [6, 6.07) is 2.39. The van der Waals surface area contributed by atoms with E-state index in [1.165, 1.54) is 18.3 Å². The number of carboxylic acid groups (broad SMARTS) is 1. The number of nitrogens with zero attached hydrogens (tertiary/aromatic N) is 2. The van der Waals surface area contributed by atoms with Gasteiger partial charge in [0.05, 0.1) is 24.9 Å². The van der Waals surface area contributed by atoms with Gasteiger partial charge in [-0.3, -0.25) is 4.79 Å². The van der Waals surface area contributed by atoms with Gasteiger partial charge in [0.2, 0.25) is 0 Å². The van der Waals surface area contributed by atoms with Crippen LogP contribution in [0.25, 0.3) is 0 Å². The van der Waals surface area contributed by atoms with E-state index in [4.69, 9.17) is 9.84 Å². The van der Waals surface area contributed by atoms with Gasteiger partial charge in [-0.2, -0.15) is 0 Å². The molecular weight excluding hydrogens is 242 g/mol. The fraction of sp³-hybridized carbons (Fsp3) is 0.400. The van der Waals surface area contributed by atoms with Crippen LogP contribution in [0.5, 0.6) is 0 Å². The number of hydrogen-bond donors (Lipinski definition) is 2. The van der Waals surface area contributed by atoms with Crippen LogP contribution in [0.15, 0.2) is 18.3 Å². The fourth-order valence-electron chi connectivity index (χ4n) is 1.73.